The van der Waals surface area contributed by atoms with E-state index in [1.165, 1.54) is 6.26 Å². The molecule has 1 aliphatic heterocycles. The molecule has 0 spiro atoms. The highest BCUT2D eigenvalue weighted by Gasteiger charge is 2.28. The predicted octanol–water partition coefficient (Wildman–Crippen LogP) is 1.31. The molecule has 124 valence electrons. The Morgan fingerprint density at radius 1 is 1.35 bits per heavy atom. The number of hydrogen-bond donors (Lipinski definition) is 1. The molecule has 0 aromatic carbocycles. The van der Waals surface area contributed by atoms with Crippen molar-refractivity contribution < 1.29 is 8.42 Å². The van der Waals surface area contributed by atoms with Crippen molar-refractivity contribution in [1.29, 1.82) is 0 Å². The third-order valence-corrected chi connectivity index (χ3v) is 5.55. The van der Waals surface area contributed by atoms with Gasteiger partial charge in [0.25, 0.3) is 0 Å². The molecule has 0 amide bonds. The molecule has 23 heavy (non-hydrogen) atoms. The number of aryl methyl sites for hydroxylation is 2. The number of hydrogen-bond acceptors (Lipinski definition) is 5. The second-order valence-electron chi connectivity index (χ2n) is 6.18. The average molecular weight is 335 g/mol. The van der Waals surface area contributed by atoms with Crippen LogP contribution < -0.4 is 0 Å². The smallest absolute Gasteiger partial charge is 0.211 e. The van der Waals surface area contributed by atoms with Crippen LogP contribution in [0, 0.1) is 19.8 Å². The Morgan fingerprint density at radius 2 is 2.13 bits per heavy atom. The van der Waals surface area contributed by atoms with Crippen molar-refractivity contribution in [3.05, 3.63) is 29.5 Å². The number of H-pyrrole nitrogens is 1. The Morgan fingerprint density at radius 3 is 2.74 bits per heavy atom. The van der Waals surface area contributed by atoms with Crippen LogP contribution in [-0.2, 0) is 16.4 Å². The van der Waals surface area contributed by atoms with Gasteiger partial charge < -0.3 is 0 Å². The number of rotatable bonds is 4. The van der Waals surface area contributed by atoms with Crippen LogP contribution in [0.2, 0.25) is 0 Å². The SMILES string of the molecule is Cc1n[nH]c(C)c1-c1cncc(C[C@@H]2CCN(S(C)(=O)=O)C2)n1. The van der Waals surface area contributed by atoms with Gasteiger partial charge in [-0.1, -0.05) is 0 Å². The van der Waals surface area contributed by atoms with Crippen LogP contribution in [0.1, 0.15) is 23.5 Å². The molecule has 8 heteroatoms. The number of sulfonamides is 1. The normalized spacial score (nSPS) is 19.3. The molecule has 2 aromatic heterocycles. The predicted molar refractivity (Wildman–Crippen MR) is 87.3 cm³/mol. The van der Waals surface area contributed by atoms with E-state index in [4.69, 9.17) is 4.98 Å². The van der Waals surface area contributed by atoms with Gasteiger partial charge in [-0.3, -0.25) is 10.1 Å². The van der Waals surface area contributed by atoms with Crippen LogP contribution >= 0.6 is 0 Å². The zero-order valence-electron chi connectivity index (χ0n) is 13.6. The Bertz CT molecular complexity index is 796. The van der Waals surface area contributed by atoms with Crippen LogP contribution in [0.4, 0.5) is 0 Å². The summed E-state index contributed by atoms with van der Waals surface area (Å²) in [7, 11) is -3.10. The quantitative estimate of drug-likeness (QED) is 0.909. The Kier molecular flexibility index (Phi) is 4.20. The van der Waals surface area contributed by atoms with E-state index in [1.54, 1.807) is 16.7 Å². The summed E-state index contributed by atoms with van der Waals surface area (Å²) in [6.07, 6.45) is 6.37. The van der Waals surface area contributed by atoms with Gasteiger partial charge in [0.2, 0.25) is 10.0 Å². The lowest BCUT2D eigenvalue weighted by atomic mass is 10.0. The maximum absolute atomic E-state index is 11.6. The molecule has 1 N–H and O–H groups in total. The summed E-state index contributed by atoms with van der Waals surface area (Å²) < 4.78 is 24.7. The molecule has 1 fully saturated rings. The minimum Gasteiger partial charge on any atom is -0.282 e. The van der Waals surface area contributed by atoms with Gasteiger partial charge in [0, 0.05) is 30.5 Å². The zero-order valence-corrected chi connectivity index (χ0v) is 14.4. The fourth-order valence-electron chi connectivity index (χ4n) is 3.11. The monoisotopic (exact) mass is 335 g/mol. The van der Waals surface area contributed by atoms with Gasteiger partial charge in [-0.15, -0.1) is 0 Å². The summed E-state index contributed by atoms with van der Waals surface area (Å²) in [5, 5.41) is 7.16. The third kappa shape index (κ3) is 3.42. The molecule has 1 aliphatic rings. The number of aromatic amines is 1. The van der Waals surface area contributed by atoms with Gasteiger partial charge in [0.05, 0.1) is 29.5 Å². The summed E-state index contributed by atoms with van der Waals surface area (Å²) in [5.41, 5.74) is 4.56. The standard InChI is InChI=1S/C15H21N5O2S/c1-10-15(11(2)19-18-10)14-8-16-7-13(17-14)6-12-4-5-20(9-12)23(3,21)22/h7-8,12H,4-6,9H2,1-3H3,(H,18,19)/t12-/m0/s1. The molecule has 0 bridgehead atoms. The second kappa shape index (κ2) is 6.01. The van der Waals surface area contributed by atoms with E-state index in [-0.39, 0.29) is 0 Å². The summed E-state index contributed by atoms with van der Waals surface area (Å²) >= 11 is 0. The van der Waals surface area contributed by atoms with E-state index in [0.29, 0.717) is 19.0 Å². The van der Waals surface area contributed by atoms with Crippen LogP contribution in [-0.4, -0.2) is 52.2 Å². The molecule has 1 saturated heterocycles. The minimum atomic E-state index is -3.10. The van der Waals surface area contributed by atoms with Crippen molar-refractivity contribution in [3.8, 4) is 11.3 Å². The van der Waals surface area contributed by atoms with Gasteiger partial charge in [-0.25, -0.2) is 17.7 Å². The molecule has 3 rings (SSSR count). The lowest BCUT2D eigenvalue weighted by Gasteiger charge is -2.13. The summed E-state index contributed by atoms with van der Waals surface area (Å²) in [6.45, 7) is 5.06. The average Bonchev–Trinajstić information content (AvgIpc) is 3.06. The van der Waals surface area contributed by atoms with Crippen molar-refractivity contribution in [2.24, 2.45) is 5.92 Å². The number of nitrogens with one attached hydrogen (secondary N) is 1. The van der Waals surface area contributed by atoms with Crippen molar-refractivity contribution >= 4 is 10.0 Å². The molecule has 2 aromatic rings. The van der Waals surface area contributed by atoms with Crippen molar-refractivity contribution in [3.63, 3.8) is 0 Å². The van der Waals surface area contributed by atoms with Gasteiger partial charge in [-0.2, -0.15) is 5.10 Å². The van der Waals surface area contributed by atoms with Crippen LogP contribution in [0.5, 0.6) is 0 Å². The highest BCUT2D eigenvalue weighted by atomic mass is 32.2. The molecule has 3 heterocycles. The summed E-state index contributed by atoms with van der Waals surface area (Å²) in [6, 6.07) is 0. The first-order valence-electron chi connectivity index (χ1n) is 7.62. The summed E-state index contributed by atoms with van der Waals surface area (Å²) in [5.74, 6) is 0.292. The molecular weight excluding hydrogens is 314 g/mol. The number of aromatic nitrogens is 4. The van der Waals surface area contributed by atoms with Crippen LogP contribution in [0.15, 0.2) is 12.4 Å². The maximum atomic E-state index is 11.6. The van der Waals surface area contributed by atoms with Crippen LogP contribution in [0.25, 0.3) is 11.3 Å². The Labute approximate surface area is 136 Å². The van der Waals surface area contributed by atoms with Gasteiger partial charge in [0.1, 0.15) is 0 Å². The van der Waals surface area contributed by atoms with Crippen molar-refractivity contribution in [1.82, 2.24) is 24.5 Å². The highest BCUT2D eigenvalue weighted by Crippen LogP contribution is 2.25. The molecule has 0 unspecified atom stereocenters. The molecule has 0 saturated carbocycles. The molecule has 0 aliphatic carbocycles. The Hall–Kier alpha value is -1.80. The molecule has 0 radical (unpaired) electrons. The van der Waals surface area contributed by atoms with E-state index < -0.39 is 10.0 Å². The highest BCUT2D eigenvalue weighted by molar-refractivity contribution is 7.88. The second-order valence-corrected chi connectivity index (χ2v) is 8.17. The topological polar surface area (TPSA) is 91.8 Å². The van der Waals surface area contributed by atoms with Crippen molar-refractivity contribution in [2.75, 3.05) is 19.3 Å². The van der Waals surface area contributed by atoms with Gasteiger partial charge in [0.15, 0.2) is 0 Å². The number of nitrogens with zero attached hydrogens (tertiary/aromatic N) is 4. The van der Waals surface area contributed by atoms with E-state index >= 15 is 0 Å². The van der Waals surface area contributed by atoms with Crippen molar-refractivity contribution in [2.45, 2.75) is 26.7 Å². The van der Waals surface area contributed by atoms with E-state index in [9.17, 15) is 8.42 Å². The van der Waals surface area contributed by atoms with Gasteiger partial charge in [-0.05, 0) is 32.6 Å². The molecular formula is C15H21N5O2S. The Balaban J connectivity index is 1.77. The molecule has 7 nitrogen and oxygen atoms in total. The third-order valence-electron chi connectivity index (χ3n) is 4.28. The first-order valence-corrected chi connectivity index (χ1v) is 9.47. The van der Waals surface area contributed by atoms with E-state index in [1.807, 2.05) is 13.8 Å². The largest absolute Gasteiger partial charge is 0.282 e. The van der Waals surface area contributed by atoms with Crippen LogP contribution in [0.3, 0.4) is 0 Å². The minimum absolute atomic E-state index is 0.292. The fourth-order valence-corrected chi connectivity index (χ4v) is 4.03. The molecule has 1 atom stereocenters. The first kappa shape index (κ1) is 16.1. The van der Waals surface area contributed by atoms with E-state index in [2.05, 4.69) is 15.2 Å². The lowest BCUT2D eigenvalue weighted by molar-refractivity contribution is 0.459. The first-order chi connectivity index (χ1) is 10.8. The lowest BCUT2D eigenvalue weighted by Crippen LogP contribution is -2.27. The van der Waals surface area contributed by atoms with E-state index in [0.717, 1.165) is 41.2 Å². The zero-order chi connectivity index (χ0) is 16.6. The maximum Gasteiger partial charge on any atom is 0.211 e. The van der Waals surface area contributed by atoms with Gasteiger partial charge >= 0.3 is 0 Å². The fraction of sp³-hybridized carbons (Fsp3) is 0.533. The summed E-state index contributed by atoms with van der Waals surface area (Å²) in [4.78, 5) is 8.99.